The molecule has 3 rings (SSSR count). The normalized spacial score (nSPS) is 21.0. The molecule has 0 N–H and O–H groups in total. The van der Waals surface area contributed by atoms with Gasteiger partial charge in [0.25, 0.3) is 0 Å². The summed E-state index contributed by atoms with van der Waals surface area (Å²) in [6.07, 6.45) is 0.450. The molecule has 5 heteroatoms. The maximum atomic E-state index is 13.1. The van der Waals surface area contributed by atoms with Crippen molar-refractivity contribution in [2.45, 2.75) is 38.3 Å². The predicted molar refractivity (Wildman–Crippen MR) is 108 cm³/mol. The van der Waals surface area contributed by atoms with Gasteiger partial charge in [0, 0.05) is 63.4 Å². The van der Waals surface area contributed by atoms with Gasteiger partial charge in [-0.1, -0.05) is 31.1 Å². The minimum absolute atomic E-state index is 0.297. The van der Waals surface area contributed by atoms with Crippen molar-refractivity contribution in [1.82, 2.24) is 4.90 Å². The van der Waals surface area contributed by atoms with Gasteiger partial charge in [0.15, 0.2) is 0 Å². The van der Waals surface area contributed by atoms with Gasteiger partial charge in [-0.3, -0.25) is 9.69 Å². The lowest BCUT2D eigenvalue weighted by atomic mass is 9.96. The Bertz CT molecular complexity index is 850. The zero-order valence-corrected chi connectivity index (χ0v) is 15.8. The van der Waals surface area contributed by atoms with Crippen molar-refractivity contribution in [3.05, 3.63) is 52.7 Å². The fourth-order valence-electron chi connectivity index (χ4n) is 3.40. The molecule has 0 spiro atoms. The summed E-state index contributed by atoms with van der Waals surface area (Å²) in [7, 11) is 1.52. The number of benzene rings is 1. The molecule has 1 saturated heterocycles. The van der Waals surface area contributed by atoms with Gasteiger partial charge in [-0.05, 0) is 30.0 Å². The van der Waals surface area contributed by atoms with Crippen molar-refractivity contribution in [3.63, 3.8) is 0 Å². The van der Waals surface area contributed by atoms with E-state index in [0.717, 1.165) is 4.88 Å². The number of nitrogens with zero attached hydrogens (tertiary/aromatic N) is 2. The van der Waals surface area contributed by atoms with E-state index in [-0.39, 0.29) is 0 Å². The number of hydrogen-bond acceptors (Lipinski definition) is 4. The van der Waals surface area contributed by atoms with Crippen LogP contribution in [0.3, 0.4) is 0 Å². The van der Waals surface area contributed by atoms with Crippen LogP contribution in [0, 0.1) is 0 Å². The van der Waals surface area contributed by atoms with Crippen molar-refractivity contribution in [2.75, 3.05) is 31.6 Å². The Hall–Kier alpha value is -1.69. The molecule has 1 aliphatic rings. The van der Waals surface area contributed by atoms with E-state index in [4.69, 9.17) is 11.6 Å². The van der Waals surface area contributed by atoms with Gasteiger partial charge >= 0.3 is 0 Å². The number of carbonyl (C=O) groups is 1. The predicted octanol–water partition coefficient (Wildman–Crippen LogP) is 4.17. The van der Waals surface area contributed by atoms with Crippen LogP contribution in [0.25, 0.3) is 0 Å². The Balaban J connectivity index is 1.83. The van der Waals surface area contributed by atoms with Crippen molar-refractivity contribution in [1.29, 1.82) is 0 Å². The fraction of sp³-hybridized carbons (Fsp3) is 0.476. The summed E-state index contributed by atoms with van der Waals surface area (Å²) in [5, 5.41) is 1.94. The van der Waals surface area contributed by atoms with Crippen molar-refractivity contribution in [2.24, 2.45) is 0 Å². The number of piperidine rings is 1. The molecule has 1 aliphatic heterocycles. The number of likely N-dealkylation sites (tertiary alicyclic amines) is 1. The largest absolute Gasteiger partial charge is 0.358 e. The third kappa shape index (κ3) is 4.17. The highest BCUT2D eigenvalue weighted by atomic mass is 32.1. The number of amides is 1. The lowest BCUT2D eigenvalue weighted by Crippen LogP contribution is -2.59. The molecule has 0 unspecified atom stereocenters. The first kappa shape index (κ1) is 13.5. The van der Waals surface area contributed by atoms with Crippen LogP contribution in [-0.2, 0) is 16.0 Å². The van der Waals surface area contributed by atoms with Crippen LogP contribution in [-0.4, -0.2) is 43.2 Å². The maximum absolute atomic E-state index is 13.1. The number of methoxy groups -OCH3 is 1. The molecule has 4 nitrogen and oxygen atoms in total. The molecule has 0 bridgehead atoms. The van der Waals surface area contributed by atoms with Crippen LogP contribution < -0.4 is 4.90 Å². The molecule has 26 heavy (non-hydrogen) atoms. The molecule has 2 heterocycles. The van der Waals surface area contributed by atoms with E-state index < -0.39 is 31.4 Å². The fourth-order valence-corrected chi connectivity index (χ4v) is 4.04. The van der Waals surface area contributed by atoms with Crippen LogP contribution in [0.15, 0.2) is 47.8 Å². The van der Waals surface area contributed by atoms with Gasteiger partial charge in [-0.15, -0.1) is 11.3 Å². The van der Waals surface area contributed by atoms with Crippen molar-refractivity contribution < 1.29 is 16.4 Å². The van der Waals surface area contributed by atoms with Gasteiger partial charge < -0.3 is 9.64 Å². The molecule has 1 fully saturated rings. The number of aryl methyl sites for hydroxylation is 1. The Morgan fingerprint density at radius 3 is 2.69 bits per heavy atom. The molecule has 1 aromatic carbocycles. The number of thiophene rings is 1. The standard InChI is InChI=1S/C21H28N2O2S/c1-3-20(24)23(18-8-5-4-6-9-18)21(25-2)12-15-22(16-13-21)14-11-19-10-7-17-26-19/h4-10,17H,3,11-16H2,1-2H3/i1D3,14D2. The lowest BCUT2D eigenvalue weighted by molar-refractivity contribution is -0.128. The van der Waals surface area contributed by atoms with Crippen LogP contribution in [0.2, 0.25) is 0 Å². The third-order valence-corrected chi connectivity index (χ3v) is 5.68. The average molecular weight is 378 g/mol. The molecule has 140 valence electrons. The van der Waals surface area contributed by atoms with Crippen LogP contribution in [0.4, 0.5) is 5.69 Å². The van der Waals surface area contributed by atoms with E-state index in [1.165, 1.54) is 23.3 Å². The smallest absolute Gasteiger partial charge is 0.229 e. The quantitative estimate of drug-likeness (QED) is 0.679. The first-order valence-electron chi connectivity index (χ1n) is 11.3. The zero-order valence-electron chi connectivity index (χ0n) is 20.0. The Kier molecular flexibility index (Phi) is 4.56. The SMILES string of the molecule is [2H]C([2H])([2H])CC(=O)N(c1ccccc1)C1(OC)CCN(C([2H])([2H])Cc2cccs2)CC1. The van der Waals surface area contributed by atoms with Gasteiger partial charge in [0.2, 0.25) is 5.91 Å². The van der Waals surface area contributed by atoms with E-state index in [9.17, 15) is 4.79 Å². The van der Waals surface area contributed by atoms with Gasteiger partial charge in [0.1, 0.15) is 5.72 Å². The van der Waals surface area contributed by atoms with Crippen LogP contribution >= 0.6 is 11.3 Å². The summed E-state index contributed by atoms with van der Waals surface area (Å²) >= 11 is 1.53. The highest BCUT2D eigenvalue weighted by Crippen LogP contribution is 2.34. The summed E-state index contributed by atoms with van der Waals surface area (Å²) in [5.74, 6) is -0.525. The number of ether oxygens (including phenoxy) is 1. The molecular formula is C21H28N2O2S. The van der Waals surface area contributed by atoms with Crippen LogP contribution in [0.5, 0.6) is 0 Å². The average Bonchev–Trinajstić information content (AvgIpc) is 3.20. The van der Waals surface area contributed by atoms with E-state index >= 15 is 0 Å². The second-order valence-electron chi connectivity index (χ2n) is 6.29. The van der Waals surface area contributed by atoms with E-state index in [1.807, 2.05) is 23.6 Å². The molecule has 0 aliphatic carbocycles. The van der Waals surface area contributed by atoms with E-state index in [0.29, 0.717) is 38.0 Å². The molecule has 2 aromatic rings. The molecule has 0 atom stereocenters. The molecule has 1 aromatic heterocycles. The first-order chi connectivity index (χ1) is 14.6. The first-order valence-corrected chi connectivity index (χ1v) is 9.65. The second kappa shape index (κ2) is 8.80. The maximum Gasteiger partial charge on any atom is 0.229 e. The summed E-state index contributed by atoms with van der Waals surface area (Å²) < 4.78 is 45.6. The van der Waals surface area contributed by atoms with Gasteiger partial charge in [-0.25, -0.2) is 0 Å². The topological polar surface area (TPSA) is 32.8 Å². The number of anilines is 1. The van der Waals surface area contributed by atoms with E-state index in [1.54, 1.807) is 29.2 Å². The molecule has 0 saturated carbocycles. The Labute approximate surface area is 167 Å². The van der Waals surface area contributed by atoms with Crippen molar-refractivity contribution >= 4 is 22.9 Å². The molecular weight excluding hydrogens is 344 g/mol. The molecule has 1 amide bonds. The van der Waals surface area contributed by atoms with Gasteiger partial charge in [-0.2, -0.15) is 0 Å². The zero-order chi connectivity index (χ0) is 22.7. The minimum atomic E-state index is -2.39. The van der Waals surface area contributed by atoms with Crippen molar-refractivity contribution in [3.8, 4) is 0 Å². The third-order valence-electron chi connectivity index (χ3n) is 4.80. The minimum Gasteiger partial charge on any atom is -0.358 e. The summed E-state index contributed by atoms with van der Waals surface area (Å²) in [6.45, 7) is -3.14. The number of para-hydroxylation sites is 1. The summed E-state index contributed by atoms with van der Waals surface area (Å²) in [6, 6.07) is 12.8. The second-order valence-corrected chi connectivity index (χ2v) is 7.33. The van der Waals surface area contributed by atoms with E-state index in [2.05, 4.69) is 0 Å². The number of rotatable bonds is 7. The lowest BCUT2D eigenvalue weighted by Gasteiger charge is -2.47. The van der Waals surface area contributed by atoms with Crippen LogP contribution in [0.1, 0.15) is 37.8 Å². The summed E-state index contributed by atoms with van der Waals surface area (Å²) in [5.41, 5.74) is -0.451. The highest BCUT2D eigenvalue weighted by molar-refractivity contribution is 7.09. The van der Waals surface area contributed by atoms with Gasteiger partial charge in [0.05, 0.1) is 0 Å². The number of carbonyl (C=O) groups excluding carboxylic acids is 1. The molecule has 0 radical (unpaired) electrons. The highest BCUT2D eigenvalue weighted by Gasteiger charge is 2.42. The monoisotopic (exact) mass is 377 g/mol. The Morgan fingerprint density at radius 2 is 2.08 bits per heavy atom. The number of hydrogen-bond donors (Lipinski definition) is 0. The summed E-state index contributed by atoms with van der Waals surface area (Å²) in [4.78, 5) is 17.3. The Morgan fingerprint density at radius 1 is 1.31 bits per heavy atom.